The zero-order valence-electron chi connectivity index (χ0n) is 14.9. The first-order valence-electron chi connectivity index (χ1n) is 9.42. The molecule has 0 saturated carbocycles. The van der Waals surface area contributed by atoms with Crippen LogP contribution >= 0.6 is 0 Å². The summed E-state index contributed by atoms with van der Waals surface area (Å²) in [6, 6.07) is 20.1. The SMILES string of the molecule is O[C@@H]1[C@@H](O)[C@H](O)c2c(cc3ccc4cccc5c6ccccc6c2c3c45)[C@H]1O. The van der Waals surface area contributed by atoms with Gasteiger partial charge in [-0.05, 0) is 60.3 Å². The van der Waals surface area contributed by atoms with Crippen molar-refractivity contribution >= 4 is 43.1 Å². The second-order valence-corrected chi connectivity index (χ2v) is 7.74. The first-order valence-corrected chi connectivity index (χ1v) is 9.42. The second-order valence-electron chi connectivity index (χ2n) is 7.74. The molecule has 0 fully saturated rings. The number of benzene rings is 5. The van der Waals surface area contributed by atoms with Crippen LogP contribution in [0.3, 0.4) is 0 Å². The van der Waals surface area contributed by atoms with E-state index in [2.05, 4.69) is 24.3 Å². The maximum absolute atomic E-state index is 10.9. The summed E-state index contributed by atoms with van der Waals surface area (Å²) in [7, 11) is 0. The van der Waals surface area contributed by atoms with Crippen LogP contribution in [0, 0.1) is 0 Å². The first kappa shape index (κ1) is 16.2. The average Bonchev–Trinajstić information content (AvgIpc) is 2.74. The van der Waals surface area contributed by atoms with E-state index in [1.165, 1.54) is 0 Å². The van der Waals surface area contributed by atoms with Crippen molar-refractivity contribution in [1.29, 1.82) is 0 Å². The quantitative estimate of drug-likeness (QED) is 0.248. The summed E-state index contributed by atoms with van der Waals surface area (Å²) in [5, 5.41) is 50.3. The van der Waals surface area contributed by atoms with E-state index in [4.69, 9.17) is 0 Å². The van der Waals surface area contributed by atoms with Gasteiger partial charge in [0.15, 0.2) is 0 Å². The molecule has 0 aromatic heterocycles. The summed E-state index contributed by atoms with van der Waals surface area (Å²) in [5.41, 5.74) is 0.980. The smallest absolute Gasteiger partial charge is 0.113 e. The van der Waals surface area contributed by atoms with Gasteiger partial charge in [-0.3, -0.25) is 0 Å². The van der Waals surface area contributed by atoms with Gasteiger partial charge in [-0.15, -0.1) is 0 Å². The Kier molecular flexibility index (Phi) is 3.13. The molecule has 1 aliphatic carbocycles. The normalized spacial score (nSPS) is 25.1. The molecule has 4 atom stereocenters. The topological polar surface area (TPSA) is 80.9 Å². The lowest BCUT2D eigenvalue weighted by molar-refractivity contribution is -0.119. The van der Waals surface area contributed by atoms with Crippen molar-refractivity contribution in [2.45, 2.75) is 24.4 Å². The molecule has 5 aromatic carbocycles. The fraction of sp³-hybridized carbons (Fsp3) is 0.167. The largest absolute Gasteiger partial charge is 0.387 e. The number of hydrogen-bond donors (Lipinski definition) is 4. The van der Waals surface area contributed by atoms with Gasteiger partial charge >= 0.3 is 0 Å². The molecule has 0 aliphatic heterocycles. The summed E-state index contributed by atoms with van der Waals surface area (Å²) < 4.78 is 0. The molecule has 5 aromatic rings. The van der Waals surface area contributed by atoms with Crippen LogP contribution in [0.2, 0.25) is 0 Å². The van der Waals surface area contributed by atoms with E-state index in [1.54, 1.807) is 0 Å². The molecule has 0 heterocycles. The van der Waals surface area contributed by atoms with Crippen LogP contribution in [-0.2, 0) is 0 Å². The zero-order chi connectivity index (χ0) is 19.2. The number of hydrogen-bond acceptors (Lipinski definition) is 4. The molecule has 4 heteroatoms. The van der Waals surface area contributed by atoms with E-state index >= 15 is 0 Å². The molecule has 0 unspecified atom stereocenters. The highest BCUT2D eigenvalue weighted by atomic mass is 16.4. The molecule has 0 spiro atoms. The molecule has 138 valence electrons. The summed E-state index contributed by atoms with van der Waals surface area (Å²) in [5.74, 6) is 0. The van der Waals surface area contributed by atoms with Crippen molar-refractivity contribution in [3.63, 3.8) is 0 Å². The summed E-state index contributed by atoms with van der Waals surface area (Å²) in [6.45, 7) is 0. The van der Waals surface area contributed by atoms with Crippen LogP contribution < -0.4 is 0 Å². The van der Waals surface area contributed by atoms with E-state index < -0.39 is 24.4 Å². The monoisotopic (exact) mass is 370 g/mol. The number of aliphatic hydroxyl groups excluding tert-OH is 4. The Morgan fingerprint density at radius 2 is 1.18 bits per heavy atom. The molecular formula is C24H18O4. The van der Waals surface area contributed by atoms with Crippen LogP contribution in [0.5, 0.6) is 0 Å². The molecule has 28 heavy (non-hydrogen) atoms. The van der Waals surface area contributed by atoms with Crippen LogP contribution in [-0.4, -0.2) is 32.6 Å². The third kappa shape index (κ3) is 1.83. The van der Waals surface area contributed by atoms with Gasteiger partial charge in [0.1, 0.15) is 24.4 Å². The molecule has 0 radical (unpaired) electrons. The molecule has 0 bridgehead atoms. The van der Waals surface area contributed by atoms with Crippen LogP contribution in [0.1, 0.15) is 23.3 Å². The predicted molar refractivity (Wildman–Crippen MR) is 110 cm³/mol. The van der Waals surface area contributed by atoms with Gasteiger partial charge in [0, 0.05) is 0 Å². The van der Waals surface area contributed by atoms with Gasteiger partial charge in [-0.2, -0.15) is 0 Å². The lowest BCUT2D eigenvalue weighted by Crippen LogP contribution is -2.41. The summed E-state index contributed by atoms with van der Waals surface area (Å²) >= 11 is 0. The van der Waals surface area contributed by atoms with Gasteiger partial charge in [-0.25, -0.2) is 0 Å². The highest BCUT2D eigenvalue weighted by molar-refractivity contribution is 6.34. The zero-order valence-corrected chi connectivity index (χ0v) is 14.9. The molecule has 0 saturated heterocycles. The van der Waals surface area contributed by atoms with Gasteiger partial charge in [-0.1, -0.05) is 54.6 Å². The van der Waals surface area contributed by atoms with Crippen molar-refractivity contribution in [1.82, 2.24) is 0 Å². The van der Waals surface area contributed by atoms with E-state index in [9.17, 15) is 20.4 Å². The average molecular weight is 370 g/mol. The van der Waals surface area contributed by atoms with Crippen molar-refractivity contribution in [3.05, 3.63) is 71.8 Å². The minimum Gasteiger partial charge on any atom is -0.387 e. The highest BCUT2D eigenvalue weighted by Crippen LogP contribution is 2.48. The highest BCUT2D eigenvalue weighted by Gasteiger charge is 2.41. The Morgan fingerprint density at radius 1 is 0.536 bits per heavy atom. The van der Waals surface area contributed by atoms with Crippen LogP contribution in [0.25, 0.3) is 43.1 Å². The van der Waals surface area contributed by atoms with Gasteiger partial charge < -0.3 is 20.4 Å². The maximum atomic E-state index is 10.9. The fourth-order valence-electron chi connectivity index (χ4n) is 5.04. The van der Waals surface area contributed by atoms with E-state index in [0.717, 1.165) is 43.1 Å². The molecule has 4 N–H and O–H groups in total. The number of aliphatic hydroxyl groups is 4. The van der Waals surface area contributed by atoms with Crippen LogP contribution in [0.15, 0.2) is 60.7 Å². The molecule has 6 rings (SSSR count). The minimum atomic E-state index is -1.44. The van der Waals surface area contributed by atoms with Crippen molar-refractivity contribution in [3.8, 4) is 0 Å². The van der Waals surface area contributed by atoms with Gasteiger partial charge in [0.2, 0.25) is 0 Å². The molecular weight excluding hydrogens is 352 g/mol. The van der Waals surface area contributed by atoms with E-state index in [1.807, 2.05) is 36.4 Å². The Balaban J connectivity index is 1.97. The van der Waals surface area contributed by atoms with E-state index in [0.29, 0.717) is 11.1 Å². The lowest BCUT2D eigenvalue weighted by atomic mass is 9.77. The fourth-order valence-corrected chi connectivity index (χ4v) is 5.04. The summed E-state index contributed by atoms with van der Waals surface area (Å²) in [4.78, 5) is 0. The van der Waals surface area contributed by atoms with E-state index in [-0.39, 0.29) is 0 Å². The summed E-state index contributed by atoms with van der Waals surface area (Å²) in [6.07, 6.45) is -5.41. The molecule has 4 nitrogen and oxygen atoms in total. The van der Waals surface area contributed by atoms with Gasteiger partial charge in [0.25, 0.3) is 0 Å². The second kappa shape index (κ2) is 5.40. The van der Waals surface area contributed by atoms with Crippen molar-refractivity contribution < 1.29 is 20.4 Å². The Morgan fingerprint density at radius 3 is 2.00 bits per heavy atom. The third-order valence-corrected chi connectivity index (χ3v) is 6.32. The molecule has 1 aliphatic rings. The Bertz CT molecular complexity index is 1390. The first-order chi connectivity index (χ1) is 13.6. The Hall–Kier alpha value is -2.76. The predicted octanol–water partition coefficient (Wildman–Crippen LogP) is 3.54. The maximum Gasteiger partial charge on any atom is 0.113 e. The van der Waals surface area contributed by atoms with Crippen molar-refractivity contribution in [2.24, 2.45) is 0 Å². The third-order valence-electron chi connectivity index (χ3n) is 6.32. The van der Waals surface area contributed by atoms with Crippen LogP contribution in [0.4, 0.5) is 0 Å². The minimum absolute atomic E-state index is 0.473. The van der Waals surface area contributed by atoms with Gasteiger partial charge in [0.05, 0.1) is 0 Å². The number of fused-ring (bicyclic) bond motifs is 5. The number of rotatable bonds is 0. The van der Waals surface area contributed by atoms with Crippen molar-refractivity contribution in [2.75, 3.05) is 0 Å². The molecule has 0 amide bonds. The Labute approximate surface area is 160 Å². The standard InChI is InChI=1S/C24H18O4/c25-21-16-10-12-9-8-11-4-3-7-14-13-5-1-2-6-15(13)19(18(12)17(11)14)20(16)22(26)24(28)23(21)27/h1-10,21-28H/t21-,22-,23+,24+/m1/s1. The lowest BCUT2D eigenvalue weighted by Gasteiger charge is -2.36.